The number of aliphatic carboxylic acids is 1. The maximum absolute atomic E-state index is 12.0. The number of benzene rings is 2. The van der Waals surface area contributed by atoms with E-state index in [0.29, 0.717) is 5.56 Å². The first kappa shape index (κ1) is 14.8. The van der Waals surface area contributed by atoms with E-state index in [1.54, 1.807) is 30.3 Å². The van der Waals surface area contributed by atoms with Crippen LogP contribution in [0.5, 0.6) is 5.75 Å². The Labute approximate surface area is 122 Å². The molecular weight excluding hydrogens is 292 g/mol. The normalized spacial score (nSPS) is 11.4. The maximum Gasteiger partial charge on any atom is 0.339 e. The summed E-state index contributed by atoms with van der Waals surface area (Å²) in [6, 6.07) is 13.9. The Morgan fingerprint density at radius 2 is 1.62 bits per heavy atom. The van der Waals surface area contributed by atoms with Crippen LogP contribution < -0.4 is 4.18 Å². The van der Waals surface area contributed by atoms with Gasteiger partial charge in [0.15, 0.2) is 0 Å². The lowest BCUT2D eigenvalue weighted by atomic mass is 10.2. The second-order valence-corrected chi connectivity index (χ2v) is 5.64. The van der Waals surface area contributed by atoms with E-state index in [9.17, 15) is 13.2 Å². The van der Waals surface area contributed by atoms with Gasteiger partial charge < -0.3 is 9.29 Å². The molecule has 1 N–H and O–H groups in total. The molecule has 2 aromatic rings. The molecule has 0 unspecified atom stereocenters. The van der Waals surface area contributed by atoms with Gasteiger partial charge in [-0.1, -0.05) is 30.3 Å². The van der Waals surface area contributed by atoms with Crippen molar-refractivity contribution in [2.24, 2.45) is 0 Å². The van der Waals surface area contributed by atoms with Crippen molar-refractivity contribution in [1.82, 2.24) is 0 Å². The van der Waals surface area contributed by atoms with E-state index in [2.05, 4.69) is 0 Å². The summed E-state index contributed by atoms with van der Waals surface area (Å²) in [7, 11) is -3.86. The zero-order valence-electron chi connectivity index (χ0n) is 10.8. The Kier molecular flexibility index (Phi) is 4.39. The predicted octanol–water partition coefficient (Wildman–Crippen LogP) is 2.55. The van der Waals surface area contributed by atoms with Crippen molar-refractivity contribution in [2.75, 3.05) is 0 Å². The number of carboxylic acid groups (broad SMARTS) is 1. The summed E-state index contributed by atoms with van der Waals surface area (Å²) in [4.78, 5) is 10.5. The zero-order valence-corrected chi connectivity index (χ0v) is 11.7. The van der Waals surface area contributed by atoms with Crippen molar-refractivity contribution in [3.05, 3.63) is 66.2 Å². The minimum atomic E-state index is -3.86. The van der Waals surface area contributed by atoms with E-state index in [4.69, 9.17) is 9.29 Å². The van der Waals surface area contributed by atoms with Crippen molar-refractivity contribution < 1.29 is 22.5 Å². The van der Waals surface area contributed by atoms with Crippen LogP contribution in [0, 0.1) is 0 Å². The summed E-state index contributed by atoms with van der Waals surface area (Å²) in [6.45, 7) is 0. The fourth-order valence-electron chi connectivity index (χ4n) is 1.56. The van der Waals surface area contributed by atoms with Crippen molar-refractivity contribution >= 4 is 22.2 Å². The van der Waals surface area contributed by atoms with Crippen LogP contribution in [-0.2, 0) is 14.9 Å². The van der Waals surface area contributed by atoms with Gasteiger partial charge in [-0.2, -0.15) is 8.42 Å². The lowest BCUT2D eigenvalue weighted by Gasteiger charge is -2.06. The molecule has 0 spiro atoms. The van der Waals surface area contributed by atoms with Gasteiger partial charge in [-0.3, -0.25) is 0 Å². The quantitative estimate of drug-likeness (QED) is 0.678. The third-order valence-electron chi connectivity index (χ3n) is 2.54. The van der Waals surface area contributed by atoms with Gasteiger partial charge in [0, 0.05) is 6.08 Å². The summed E-state index contributed by atoms with van der Waals surface area (Å²) in [5, 5.41) is 8.52. The minimum absolute atomic E-state index is 0.0693. The molecule has 0 aliphatic heterocycles. The summed E-state index contributed by atoms with van der Waals surface area (Å²) in [5.74, 6) is -0.895. The van der Waals surface area contributed by atoms with Crippen LogP contribution in [0.1, 0.15) is 5.56 Å². The van der Waals surface area contributed by atoms with Crippen molar-refractivity contribution in [3.63, 3.8) is 0 Å². The monoisotopic (exact) mass is 304 g/mol. The fourth-order valence-corrected chi connectivity index (χ4v) is 2.52. The SMILES string of the molecule is O=C(O)C=Cc1ccc(OS(=O)(=O)c2ccccc2)cc1. The van der Waals surface area contributed by atoms with E-state index >= 15 is 0 Å². The first-order chi connectivity index (χ1) is 9.97. The summed E-state index contributed by atoms with van der Waals surface area (Å²) in [5.41, 5.74) is 0.627. The molecule has 0 saturated carbocycles. The fraction of sp³-hybridized carbons (Fsp3) is 0. The number of rotatable bonds is 5. The van der Waals surface area contributed by atoms with Crippen LogP contribution in [0.4, 0.5) is 0 Å². The van der Waals surface area contributed by atoms with Crippen LogP contribution in [0.25, 0.3) is 6.08 Å². The van der Waals surface area contributed by atoms with Crippen LogP contribution in [-0.4, -0.2) is 19.5 Å². The Bertz CT molecular complexity index is 746. The lowest BCUT2D eigenvalue weighted by Crippen LogP contribution is -2.09. The van der Waals surface area contributed by atoms with Crippen LogP contribution in [0.15, 0.2) is 65.6 Å². The molecule has 0 fully saturated rings. The number of hydrogen-bond donors (Lipinski definition) is 1. The highest BCUT2D eigenvalue weighted by molar-refractivity contribution is 7.87. The van der Waals surface area contributed by atoms with Crippen LogP contribution >= 0.6 is 0 Å². The third-order valence-corrected chi connectivity index (χ3v) is 3.80. The molecule has 0 aliphatic carbocycles. The molecule has 0 bridgehead atoms. The molecule has 2 aromatic carbocycles. The van der Waals surface area contributed by atoms with Crippen molar-refractivity contribution in [3.8, 4) is 5.75 Å². The van der Waals surface area contributed by atoms with Crippen molar-refractivity contribution in [1.29, 1.82) is 0 Å². The van der Waals surface area contributed by atoms with Crippen LogP contribution in [0.2, 0.25) is 0 Å². The number of carbonyl (C=O) groups is 1. The second-order valence-electron chi connectivity index (χ2n) is 4.09. The third kappa shape index (κ3) is 4.19. The molecule has 0 saturated heterocycles. The summed E-state index contributed by atoms with van der Waals surface area (Å²) >= 11 is 0. The predicted molar refractivity (Wildman–Crippen MR) is 77.4 cm³/mol. The molecule has 0 radical (unpaired) electrons. The highest BCUT2D eigenvalue weighted by atomic mass is 32.2. The molecule has 0 aliphatic rings. The smallest absolute Gasteiger partial charge is 0.339 e. The Morgan fingerprint density at radius 3 is 2.19 bits per heavy atom. The molecule has 0 amide bonds. The Morgan fingerprint density at radius 1 is 1.00 bits per heavy atom. The molecule has 108 valence electrons. The van der Waals surface area contributed by atoms with E-state index in [0.717, 1.165) is 6.08 Å². The van der Waals surface area contributed by atoms with E-state index in [-0.39, 0.29) is 10.6 Å². The average Bonchev–Trinajstić information content (AvgIpc) is 2.47. The average molecular weight is 304 g/mol. The number of carboxylic acids is 1. The van der Waals surface area contributed by atoms with E-state index in [1.165, 1.54) is 30.3 Å². The molecular formula is C15H12O5S. The highest BCUT2D eigenvalue weighted by Crippen LogP contribution is 2.19. The standard InChI is InChI=1S/C15H12O5S/c16-15(17)11-8-12-6-9-13(10-7-12)20-21(18,19)14-4-2-1-3-5-14/h1-11H,(H,16,17). The Hall–Kier alpha value is -2.60. The first-order valence-electron chi connectivity index (χ1n) is 5.98. The van der Waals surface area contributed by atoms with E-state index < -0.39 is 16.1 Å². The molecule has 5 nitrogen and oxygen atoms in total. The molecule has 0 atom stereocenters. The summed E-state index contributed by atoms with van der Waals surface area (Å²) < 4.78 is 29.0. The van der Waals surface area contributed by atoms with Gasteiger partial charge in [0.2, 0.25) is 0 Å². The topological polar surface area (TPSA) is 80.7 Å². The molecule has 2 rings (SSSR count). The zero-order chi connectivity index (χ0) is 15.3. The van der Waals surface area contributed by atoms with E-state index in [1.807, 2.05) is 0 Å². The lowest BCUT2D eigenvalue weighted by molar-refractivity contribution is -0.131. The van der Waals surface area contributed by atoms with Crippen LogP contribution in [0.3, 0.4) is 0 Å². The molecule has 21 heavy (non-hydrogen) atoms. The number of hydrogen-bond acceptors (Lipinski definition) is 4. The van der Waals surface area contributed by atoms with Gasteiger partial charge in [0.05, 0.1) is 0 Å². The maximum atomic E-state index is 12.0. The minimum Gasteiger partial charge on any atom is -0.478 e. The largest absolute Gasteiger partial charge is 0.478 e. The molecule has 0 aromatic heterocycles. The van der Waals surface area contributed by atoms with Gasteiger partial charge >= 0.3 is 16.1 Å². The molecule has 0 heterocycles. The van der Waals surface area contributed by atoms with Gasteiger partial charge in [-0.15, -0.1) is 0 Å². The van der Waals surface area contributed by atoms with Gasteiger partial charge in [0.25, 0.3) is 0 Å². The Balaban J connectivity index is 2.15. The summed E-state index contributed by atoms with van der Waals surface area (Å²) in [6.07, 6.45) is 2.40. The van der Waals surface area contributed by atoms with Gasteiger partial charge in [0.1, 0.15) is 10.6 Å². The van der Waals surface area contributed by atoms with Crippen molar-refractivity contribution in [2.45, 2.75) is 4.90 Å². The second kappa shape index (κ2) is 6.23. The molecule has 6 heteroatoms. The highest BCUT2D eigenvalue weighted by Gasteiger charge is 2.15. The van der Waals surface area contributed by atoms with Gasteiger partial charge in [-0.25, -0.2) is 4.79 Å². The first-order valence-corrected chi connectivity index (χ1v) is 7.39. The van der Waals surface area contributed by atoms with Gasteiger partial charge in [-0.05, 0) is 35.9 Å².